The van der Waals surface area contributed by atoms with Crippen molar-refractivity contribution >= 4 is 21.6 Å². The van der Waals surface area contributed by atoms with Gasteiger partial charge in [-0.3, -0.25) is 10.1 Å². The van der Waals surface area contributed by atoms with Crippen molar-refractivity contribution in [2.24, 2.45) is 0 Å². The van der Waals surface area contributed by atoms with E-state index in [-0.39, 0.29) is 5.69 Å². The zero-order valence-corrected chi connectivity index (χ0v) is 10.1. The van der Waals surface area contributed by atoms with E-state index in [2.05, 4.69) is 21.4 Å². The first-order valence-corrected chi connectivity index (χ1v) is 5.53. The predicted molar refractivity (Wildman–Crippen MR) is 62.6 cm³/mol. The van der Waals surface area contributed by atoms with E-state index >= 15 is 0 Å². The van der Waals surface area contributed by atoms with Crippen LogP contribution >= 0.6 is 15.9 Å². The van der Waals surface area contributed by atoms with Crippen LogP contribution in [0.1, 0.15) is 5.56 Å². The second-order valence-electron chi connectivity index (χ2n) is 3.39. The molecule has 0 bridgehead atoms. The molecule has 0 unspecified atom stereocenters. The van der Waals surface area contributed by atoms with Gasteiger partial charge < -0.3 is 0 Å². The standard InChI is InChI=1S/C11H8BrF3N2/c12-8-3-4-10(9(7-8)11(13,14)15)16-17-5-1-2-6-17/h1-7,16H. The Morgan fingerprint density at radius 3 is 2.35 bits per heavy atom. The van der Waals surface area contributed by atoms with Gasteiger partial charge in [0.2, 0.25) is 0 Å². The molecule has 90 valence electrons. The summed E-state index contributed by atoms with van der Waals surface area (Å²) in [6.45, 7) is 0. The number of benzene rings is 1. The maximum Gasteiger partial charge on any atom is 0.418 e. The molecule has 0 aliphatic heterocycles. The molecule has 0 saturated carbocycles. The molecule has 0 atom stereocenters. The van der Waals surface area contributed by atoms with E-state index in [1.807, 2.05) is 0 Å². The highest BCUT2D eigenvalue weighted by molar-refractivity contribution is 9.10. The van der Waals surface area contributed by atoms with Crippen molar-refractivity contribution in [3.05, 3.63) is 52.8 Å². The van der Waals surface area contributed by atoms with Gasteiger partial charge in [0, 0.05) is 16.9 Å². The zero-order chi connectivity index (χ0) is 12.5. The Morgan fingerprint density at radius 2 is 1.76 bits per heavy atom. The van der Waals surface area contributed by atoms with Crippen LogP contribution in [0.2, 0.25) is 0 Å². The van der Waals surface area contributed by atoms with Crippen LogP contribution in [0.5, 0.6) is 0 Å². The maximum atomic E-state index is 12.8. The first-order chi connectivity index (χ1) is 7.97. The SMILES string of the molecule is FC(F)(F)c1cc(Br)ccc1Nn1cccc1. The molecule has 2 rings (SSSR count). The summed E-state index contributed by atoms with van der Waals surface area (Å²) in [5.74, 6) is 0. The summed E-state index contributed by atoms with van der Waals surface area (Å²) in [5.41, 5.74) is 1.97. The molecule has 0 amide bonds. The summed E-state index contributed by atoms with van der Waals surface area (Å²) in [6.07, 6.45) is -1.14. The smallest absolute Gasteiger partial charge is 0.294 e. The Morgan fingerprint density at radius 1 is 1.12 bits per heavy atom. The topological polar surface area (TPSA) is 17.0 Å². The first kappa shape index (κ1) is 12.0. The van der Waals surface area contributed by atoms with Crippen molar-refractivity contribution in [2.45, 2.75) is 6.18 Å². The van der Waals surface area contributed by atoms with Gasteiger partial charge in [-0.15, -0.1) is 0 Å². The third-order valence-corrected chi connectivity index (χ3v) is 2.63. The molecular formula is C11H8BrF3N2. The summed E-state index contributed by atoms with van der Waals surface area (Å²) in [4.78, 5) is 0. The largest absolute Gasteiger partial charge is 0.418 e. The fraction of sp³-hybridized carbons (Fsp3) is 0.0909. The normalized spacial score (nSPS) is 11.5. The lowest BCUT2D eigenvalue weighted by Crippen LogP contribution is -2.13. The number of rotatable bonds is 2. The molecule has 1 aromatic heterocycles. The molecule has 0 saturated heterocycles. The van der Waals surface area contributed by atoms with Crippen molar-refractivity contribution in [3.63, 3.8) is 0 Å². The van der Waals surface area contributed by atoms with Crippen LogP contribution in [0.3, 0.4) is 0 Å². The second-order valence-corrected chi connectivity index (χ2v) is 4.31. The van der Waals surface area contributed by atoms with E-state index in [0.717, 1.165) is 6.07 Å². The lowest BCUT2D eigenvalue weighted by atomic mass is 10.2. The van der Waals surface area contributed by atoms with Gasteiger partial charge >= 0.3 is 6.18 Å². The van der Waals surface area contributed by atoms with Gasteiger partial charge in [0.25, 0.3) is 0 Å². The monoisotopic (exact) mass is 304 g/mol. The molecule has 1 N–H and O–H groups in total. The number of aromatic nitrogens is 1. The summed E-state index contributed by atoms with van der Waals surface area (Å²) in [5, 5.41) is 0. The van der Waals surface area contributed by atoms with Crippen molar-refractivity contribution in [3.8, 4) is 0 Å². The van der Waals surface area contributed by atoms with Crippen LogP contribution in [0.4, 0.5) is 18.9 Å². The van der Waals surface area contributed by atoms with Gasteiger partial charge in [0.15, 0.2) is 0 Å². The number of alkyl halides is 3. The number of anilines is 1. The first-order valence-electron chi connectivity index (χ1n) is 4.73. The van der Waals surface area contributed by atoms with E-state index < -0.39 is 11.7 Å². The van der Waals surface area contributed by atoms with Crippen molar-refractivity contribution in [1.29, 1.82) is 0 Å². The number of hydrogen-bond acceptors (Lipinski definition) is 1. The average Bonchev–Trinajstić information content (AvgIpc) is 2.72. The Balaban J connectivity index is 2.40. The minimum Gasteiger partial charge on any atom is -0.294 e. The van der Waals surface area contributed by atoms with E-state index in [1.165, 1.54) is 10.7 Å². The quantitative estimate of drug-likeness (QED) is 0.882. The zero-order valence-electron chi connectivity index (χ0n) is 8.50. The van der Waals surface area contributed by atoms with Gasteiger partial charge in [0.05, 0.1) is 11.3 Å². The maximum absolute atomic E-state index is 12.8. The number of hydrogen-bond donors (Lipinski definition) is 1. The molecule has 0 aliphatic rings. The van der Waals surface area contributed by atoms with Crippen LogP contribution in [0.25, 0.3) is 0 Å². The Kier molecular flexibility index (Phi) is 3.15. The highest BCUT2D eigenvalue weighted by Crippen LogP contribution is 2.36. The lowest BCUT2D eigenvalue weighted by molar-refractivity contribution is -0.137. The van der Waals surface area contributed by atoms with Crippen LogP contribution in [-0.4, -0.2) is 4.68 Å². The average molecular weight is 305 g/mol. The van der Waals surface area contributed by atoms with Gasteiger partial charge in [0.1, 0.15) is 0 Å². The molecule has 6 heteroatoms. The fourth-order valence-electron chi connectivity index (χ4n) is 1.40. The minimum atomic E-state index is -4.39. The highest BCUT2D eigenvalue weighted by atomic mass is 79.9. The Labute approximate surface area is 104 Å². The van der Waals surface area contributed by atoms with E-state index in [4.69, 9.17) is 0 Å². The number of halogens is 4. The van der Waals surface area contributed by atoms with Crippen LogP contribution in [0, 0.1) is 0 Å². The van der Waals surface area contributed by atoms with Crippen molar-refractivity contribution < 1.29 is 13.2 Å². The third kappa shape index (κ3) is 2.82. The van der Waals surface area contributed by atoms with Gasteiger partial charge in [-0.05, 0) is 30.3 Å². The molecule has 2 aromatic rings. The summed E-state index contributed by atoms with van der Waals surface area (Å²) in [7, 11) is 0. The molecule has 1 heterocycles. The molecule has 17 heavy (non-hydrogen) atoms. The van der Waals surface area contributed by atoms with Crippen molar-refractivity contribution in [1.82, 2.24) is 4.68 Å². The van der Waals surface area contributed by atoms with E-state index in [0.29, 0.717) is 4.47 Å². The molecule has 0 fully saturated rings. The molecular weight excluding hydrogens is 297 g/mol. The third-order valence-electron chi connectivity index (χ3n) is 2.14. The molecule has 0 spiro atoms. The van der Waals surface area contributed by atoms with E-state index in [9.17, 15) is 13.2 Å². The number of nitrogens with one attached hydrogen (secondary N) is 1. The molecule has 0 radical (unpaired) electrons. The Hall–Kier alpha value is -1.43. The Bertz CT molecular complexity index is 506. The molecule has 1 aromatic carbocycles. The highest BCUT2D eigenvalue weighted by Gasteiger charge is 2.33. The summed E-state index contributed by atoms with van der Waals surface area (Å²) in [6, 6.07) is 7.43. The lowest BCUT2D eigenvalue weighted by Gasteiger charge is -2.15. The minimum absolute atomic E-state index is 0.0110. The summed E-state index contributed by atoms with van der Waals surface area (Å²) >= 11 is 3.03. The van der Waals surface area contributed by atoms with Crippen molar-refractivity contribution in [2.75, 3.05) is 5.43 Å². The van der Waals surface area contributed by atoms with E-state index in [1.54, 1.807) is 30.6 Å². The van der Waals surface area contributed by atoms with Crippen LogP contribution in [-0.2, 0) is 6.18 Å². The van der Waals surface area contributed by atoms with Crippen LogP contribution in [0.15, 0.2) is 47.2 Å². The number of nitrogens with zero attached hydrogens (tertiary/aromatic N) is 1. The second kappa shape index (κ2) is 4.44. The molecule has 0 aliphatic carbocycles. The van der Waals surface area contributed by atoms with Gasteiger partial charge in [-0.25, -0.2) is 0 Å². The van der Waals surface area contributed by atoms with Gasteiger partial charge in [-0.1, -0.05) is 15.9 Å². The predicted octanol–water partition coefficient (Wildman–Crippen LogP) is 4.14. The fourth-order valence-corrected chi connectivity index (χ4v) is 1.76. The van der Waals surface area contributed by atoms with Crippen LogP contribution < -0.4 is 5.43 Å². The van der Waals surface area contributed by atoms with Gasteiger partial charge in [-0.2, -0.15) is 13.2 Å². The summed E-state index contributed by atoms with van der Waals surface area (Å²) < 4.78 is 40.2. The molecule has 2 nitrogen and oxygen atoms in total.